The molecule has 0 spiro atoms. The predicted octanol–water partition coefficient (Wildman–Crippen LogP) is 1.84. The standard InChI is InChI=1S/C20H25N5O/c26-20(17-8-4-5-11-21-17)22-16-9-12-25(13-10-16)19-14-18(23-24-19)15-6-2-1-3-7-15/h1-8,11,16,18-19,23-24H,9-10,12-14H2,(H,22,26). The largest absolute Gasteiger partial charge is 0.348 e. The van der Waals surface area contributed by atoms with Crippen LogP contribution in [-0.4, -0.2) is 41.1 Å². The summed E-state index contributed by atoms with van der Waals surface area (Å²) in [7, 11) is 0. The zero-order valence-corrected chi connectivity index (χ0v) is 14.8. The normalized spacial score (nSPS) is 24.5. The molecule has 6 heteroatoms. The van der Waals surface area contributed by atoms with Crippen molar-refractivity contribution in [2.75, 3.05) is 13.1 Å². The molecule has 2 aliphatic heterocycles. The number of pyridine rings is 1. The predicted molar refractivity (Wildman–Crippen MR) is 100 cm³/mol. The number of piperidine rings is 1. The zero-order chi connectivity index (χ0) is 17.8. The van der Waals surface area contributed by atoms with Crippen molar-refractivity contribution in [1.29, 1.82) is 0 Å². The van der Waals surface area contributed by atoms with Gasteiger partial charge in [-0.1, -0.05) is 36.4 Å². The van der Waals surface area contributed by atoms with Crippen LogP contribution in [0.1, 0.15) is 41.4 Å². The van der Waals surface area contributed by atoms with Crippen molar-refractivity contribution in [1.82, 2.24) is 26.1 Å². The van der Waals surface area contributed by atoms with Crippen LogP contribution in [0.4, 0.5) is 0 Å². The van der Waals surface area contributed by atoms with Crippen molar-refractivity contribution < 1.29 is 4.79 Å². The minimum atomic E-state index is -0.0751. The fraction of sp³-hybridized carbons (Fsp3) is 0.400. The minimum absolute atomic E-state index is 0.0751. The van der Waals surface area contributed by atoms with E-state index < -0.39 is 0 Å². The Morgan fingerprint density at radius 3 is 2.54 bits per heavy atom. The zero-order valence-electron chi connectivity index (χ0n) is 14.8. The van der Waals surface area contributed by atoms with Crippen LogP contribution < -0.4 is 16.2 Å². The van der Waals surface area contributed by atoms with Crippen LogP contribution in [0.15, 0.2) is 54.7 Å². The lowest BCUT2D eigenvalue weighted by Gasteiger charge is -2.35. The van der Waals surface area contributed by atoms with Gasteiger partial charge in [0, 0.05) is 31.4 Å². The Balaban J connectivity index is 1.26. The van der Waals surface area contributed by atoms with Crippen molar-refractivity contribution in [3.8, 4) is 0 Å². The third-order valence-electron chi connectivity index (χ3n) is 5.29. The molecule has 4 rings (SSSR count). The van der Waals surface area contributed by atoms with E-state index in [0.29, 0.717) is 17.9 Å². The van der Waals surface area contributed by atoms with Gasteiger partial charge in [-0.25, -0.2) is 10.9 Å². The van der Waals surface area contributed by atoms with E-state index in [1.165, 1.54) is 5.56 Å². The molecule has 2 atom stereocenters. The number of aromatic nitrogens is 1. The number of carbonyl (C=O) groups is 1. The number of nitrogens with one attached hydrogen (secondary N) is 3. The molecule has 1 aromatic heterocycles. The first-order valence-electron chi connectivity index (χ1n) is 9.31. The molecule has 1 aromatic carbocycles. The lowest BCUT2D eigenvalue weighted by Crippen LogP contribution is -2.51. The summed E-state index contributed by atoms with van der Waals surface area (Å²) in [4.78, 5) is 18.8. The highest BCUT2D eigenvalue weighted by Crippen LogP contribution is 2.25. The number of nitrogens with zero attached hydrogens (tertiary/aromatic N) is 2. The molecule has 6 nitrogen and oxygen atoms in total. The van der Waals surface area contributed by atoms with Gasteiger partial charge in [-0.15, -0.1) is 0 Å². The SMILES string of the molecule is O=C(NC1CCN(C2CC(c3ccccc3)NN2)CC1)c1ccccn1. The number of carbonyl (C=O) groups excluding carboxylic acids is 1. The summed E-state index contributed by atoms with van der Waals surface area (Å²) in [5.74, 6) is -0.0751. The Morgan fingerprint density at radius 1 is 1.04 bits per heavy atom. The molecule has 2 unspecified atom stereocenters. The summed E-state index contributed by atoms with van der Waals surface area (Å²) in [6.45, 7) is 1.96. The van der Waals surface area contributed by atoms with Gasteiger partial charge in [-0.2, -0.15) is 0 Å². The number of likely N-dealkylation sites (tertiary alicyclic amines) is 1. The van der Waals surface area contributed by atoms with Crippen LogP contribution in [0.3, 0.4) is 0 Å². The van der Waals surface area contributed by atoms with Gasteiger partial charge in [0.15, 0.2) is 0 Å². The van der Waals surface area contributed by atoms with Gasteiger partial charge in [-0.3, -0.25) is 14.7 Å². The Labute approximate surface area is 154 Å². The molecule has 2 aliphatic rings. The Kier molecular flexibility index (Phi) is 5.24. The van der Waals surface area contributed by atoms with E-state index >= 15 is 0 Å². The minimum Gasteiger partial charge on any atom is -0.348 e. The van der Waals surface area contributed by atoms with Gasteiger partial charge < -0.3 is 5.32 Å². The summed E-state index contributed by atoms with van der Waals surface area (Å²) in [5.41, 5.74) is 8.66. The van der Waals surface area contributed by atoms with Crippen molar-refractivity contribution in [2.24, 2.45) is 0 Å². The Bertz CT molecular complexity index is 715. The molecule has 0 bridgehead atoms. The summed E-state index contributed by atoms with van der Waals surface area (Å²) in [6.07, 6.45) is 4.97. The van der Waals surface area contributed by atoms with E-state index in [4.69, 9.17) is 0 Å². The molecule has 26 heavy (non-hydrogen) atoms. The molecule has 3 N–H and O–H groups in total. The molecule has 2 fully saturated rings. The van der Waals surface area contributed by atoms with E-state index in [2.05, 4.69) is 50.3 Å². The molecular formula is C20H25N5O. The molecule has 0 aliphatic carbocycles. The van der Waals surface area contributed by atoms with Crippen molar-refractivity contribution >= 4 is 5.91 Å². The third-order valence-corrected chi connectivity index (χ3v) is 5.29. The van der Waals surface area contributed by atoms with Crippen LogP contribution in [0.2, 0.25) is 0 Å². The maximum Gasteiger partial charge on any atom is 0.270 e. The van der Waals surface area contributed by atoms with Gasteiger partial charge in [0.2, 0.25) is 0 Å². The number of rotatable bonds is 4. The third kappa shape index (κ3) is 3.93. The highest BCUT2D eigenvalue weighted by atomic mass is 16.1. The maximum atomic E-state index is 12.2. The molecule has 3 heterocycles. The fourth-order valence-electron chi connectivity index (χ4n) is 3.79. The molecule has 1 amide bonds. The summed E-state index contributed by atoms with van der Waals surface area (Å²) in [6, 6.07) is 16.5. The number of hydrogen-bond acceptors (Lipinski definition) is 5. The maximum absolute atomic E-state index is 12.2. The van der Waals surface area contributed by atoms with E-state index in [1.54, 1.807) is 12.3 Å². The number of hydrogen-bond donors (Lipinski definition) is 3. The first kappa shape index (κ1) is 17.1. The smallest absolute Gasteiger partial charge is 0.270 e. The van der Waals surface area contributed by atoms with Crippen molar-refractivity contribution in [2.45, 2.75) is 37.5 Å². The molecular weight excluding hydrogens is 326 g/mol. The average molecular weight is 351 g/mol. The quantitative estimate of drug-likeness (QED) is 0.784. The van der Waals surface area contributed by atoms with Crippen LogP contribution in [0.25, 0.3) is 0 Å². The second kappa shape index (κ2) is 7.95. The lowest BCUT2D eigenvalue weighted by atomic mass is 10.0. The molecule has 2 saturated heterocycles. The van der Waals surface area contributed by atoms with E-state index in [1.807, 2.05) is 18.2 Å². The van der Waals surface area contributed by atoms with Gasteiger partial charge in [0.25, 0.3) is 5.91 Å². The molecule has 136 valence electrons. The summed E-state index contributed by atoms with van der Waals surface area (Å²) < 4.78 is 0. The topological polar surface area (TPSA) is 69.3 Å². The fourth-order valence-corrected chi connectivity index (χ4v) is 3.79. The second-order valence-electron chi connectivity index (χ2n) is 7.00. The van der Waals surface area contributed by atoms with Crippen LogP contribution in [0.5, 0.6) is 0 Å². The first-order valence-corrected chi connectivity index (χ1v) is 9.31. The van der Waals surface area contributed by atoms with E-state index in [9.17, 15) is 4.79 Å². The second-order valence-corrected chi connectivity index (χ2v) is 7.00. The van der Waals surface area contributed by atoms with Crippen LogP contribution in [-0.2, 0) is 0 Å². The highest BCUT2D eigenvalue weighted by molar-refractivity contribution is 5.92. The monoisotopic (exact) mass is 351 g/mol. The van der Waals surface area contributed by atoms with Crippen molar-refractivity contribution in [3.63, 3.8) is 0 Å². The van der Waals surface area contributed by atoms with Gasteiger partial charge in [-0.05, 0) is 37.0 Å². The van der Waals surface area contributed by atoms with Gasteiger partial charge in [0.05, 0.1) is 6.17 Å². The van der Waals surface area contributed by atoms with E-state index in [0.717, 1.165) is 32.4 Å². The number of amides is 1. The summed E-state index contributed by atoms with van der Waals surface area (Å²) in [5, 5.41) is 3.12. The van der Waals surface area contributed by atoms with Gasteiger partial charge in [0.1, 0.15) is 5.69 Å². The van der Waals surface area contributed by atoms with Crippen LogP contribution in [0, 0.1) is 0 Å². The molecule has 0 radical (unpaired) electrons. The Morgan fingerprint density at radius 2 is 1.81 bits per heavy atom. The van der Waals surface area contributed by atoms with Crippen LogP contribution >= 0.6 is 0 Å². The summed E-state index contributed by atoms with van der Waals surface area (Å²) >= 11 is 0. The highest BCUT2D eigenvalue weighted by Gasteiger charge is 2.32. The lowest BCUT2D eigenvalue weighted by molar-refractivity contribution is 0.0875. The Hall–Kier alpha value is -2.28. The number of hydrazine groups is 1. The van der Waals surface area contributed by atoms with Crippen molar-refractivity contribution in [3.05, 3.63) is 66.0 Å². The first-order chi connectivity index (χ1) is 12.8. The molecule has 2 aromatic rings. The van der Waals surface area contributed by atoms with Gasteiger partial charge >= 0.3 is 0 Å². The number of benzene rings is 1. The molecule has 0 saturated carbocycles. The average Bonchev–Trinajstić information content (AvgIpc) is 3.20. The van der Waals surface area contributed by atoms with E-state index in [-0.39, 0.29) is 11.9 Å².